The standard InChI is InChI=1S/C13H11FO/c1-10-9-11(14)7-8-13(10)15-12-5-3-2-4-6-12/h2-9H,1H3. The van der Waals surface area contributed by atoms with Crippen LogP contribution in [0.15, 0.2) is 48.5 Å². The second kappa shape index (κ2) is 4.13. The smallest absolute Gasteiger partial charge is 0.130 e. The molecule has 0 atom stereocenters. The van der Waals surface area contributed by atoms with Crippen LogP contribution in [0.5, 0.6) is 11.5 Å². The molecule has 0 spiro atoms. The summed E-state index contributed by atoms with van der Waals surface area (Å²) in [5, 5.41) is 0. The first-order chi connectivity index (χ1) is 7.25. The fourth-order valence-electron chi connectivity index (χ4n) is 1.34. The molecular formula is C13H11FO. The molecule has 0 aliphatic heterocycles. The summed E-state index contributed by atoms with van der Waals surface area (Å²) in [6, 6.07) is 13.9. The highest BCUT2D eigenvalue weighted by Gasteiger charge is 2.01. The number of hydrogen-bond acceptors (Lipinski definition) is 1. The van der Waals surface area contributed by atoms with E-state index in [2.05, 4.69) is 0 Å². The summed E-state index contributed by atoms with van der Waals surface area (Å²) < 4.78 is 18.4. The van der Waals surface area contributed by atoms with Crippen LogP contribution in [-0.4, -0.2) is 0 Å². The number of aryl methyl sites for hydroxylation is 1. The molecule has 0 N–H and O–H groups in total. The monoisotopic (exact) mass is 202 g/mol. The predicted molar refractivity (Wildman–Crippen MR) is 57.7 cm³/mol. The lowest BCUT2D eigenvalue weighted by Crippen LogP contribution is -1.87. The molecule has 1 nitrogen and oxygen atoms in total. The molecule has 0 aromatic heterocycles. The average Bonchev–Trinajstić information content (AvgIpc) is 2.24. The Kier molecular flexibility index (Phi) is 2.68. The Bertz CT molecular complexity index is 451. The largest absolute Gasteiger partial charge is 0.457 e. The number of rotatable bonds is 2. The van der Waals surface area contributed by atoms with Crippen LogP contribution in [0.2, 0.25) is 0 Å². The summed E-state index contributed by atoms with van der Waals surface area (Å²) in [5.41, 5.74) is 0.791. The molecule has 2 heteroatoms. The van der Waals surface area contributed by atoms with Gasteiger partial charge in [0.15, 0.2) is 0 Å². The second-order valence-corrected chi connectivity index (χ2v) is 3.32. The minimum absolute atomic E-state index is 0.243. The predicted octanol–water partition coefficient (Wildman–Crippen LogP) is 3.93. The van der Waals surface area contributed by atoms with Crippen LogP contribution in [0.4, 0.5) is 4.39 Å². The highest BCUT2D eigenvalue weighted by atomic mass is 19.1. The van der Waals surface area contributed by atoms with Gasteiger partial charge in [-0.15, -0.1) is 0 Å². The van der Waals surface area contributed by atoms with E-state index in [1.54, 1.807) is 6.07 Å². The molecule has 0 aliphatic rings. The van der Waals surface area contributed by atoms with Crippen molar-refractivity contribution in [3.05, 3.63) is 59.9 Å². The lowest BCUT2D eigenvalue weighted by molar-refractivity contribution is 0.476. The third kappa shape index (κ3) is 2.34. The third-order valence-corrected chi connectivity index (χ3v) is 2.11. The number of ether oxygens (including phenoxy) is 1. The zero-order chi connectivity index (χ0) is 10.7. The first-order valence-corrected chi connectivity index (χ1v) is 4.75. The van der Waals surface area contributed by atoms with Gasteiger partial charge in [0.1, 0.15) is 17.3 Å². The molecule has 2 aromatic rings. The highest BCUT2D eigenvalue weighted by Crippen LogP contribution is 2.24. The Balaban J connectivity index is 2.25. The normalized spacial score (nSPS) is 10.0. The molecule has 0 fully saturated rings. The molecule has 0 unspecified atom stereocenters. The van der Waals surface area contributed by atoms with Gasteiger partial charge in [-0.05, 0) is 42.8 Å². The molecule has 0 bridgehead atoms. The molecule has 0 aliphatic carbocycles. The maximum absolute atomic E-state index is 12.8. The number of halogens is 1. The van der Waals surface area contributed by atoms with Crippen molar-refractivity contribution in [1.29, 1.82) is 0 Å². The van der Waals surface area contributed by atoms with Gasteiger partial charge < -0.3 is 4.74 Å². The summed E-state index contributed by atoms with van der Waals surface area (Å²) in [6.07, 6.45) is 0. The highest BCUT2D eigenvalue weighted by molar-refractivity contribution is 5.37. The fourth-order valence-corrected chi connectivity index (χ4v) is 1.34. The van der Waals surface area contributed by atoms with Crippen molar-refractivity contribution in [1.82, 2.24) is 0 Å². The van der Waals surface area contributed by atoms with E-state index >= 15 is 0 Å². The minimum atomic E-state index is -0.243. The first-order valence-electron chi connectivity index (χ1n) is 4.75. The topological polar surface area (TPSA) is 9.23 Å². The van der Waals surface area contributed by atoms with Gasteiger partial charge in [0.25, 0.3) is 0 Å². The second-order valence-electron chi connectivity index (χ2n) is 3.32. The van der Waals surface area contributed by atoms with Crippen LogP contribution in [-0.2, 0) is 0 Å². The molecular weight excluding hydrogens is 191 g/mol. The molecule has 0 radical (unpaired) electrons. The SMILES string of the molecule is Cc1cc(F)ccc1Oc1ccccc1. The summed E-state index contributed by atoms with van der Waals surface area (Å²) >= 11 is 0. The molecule has 0 saturated heterocycles. The molecule has 0 amide bonds. The minimum Gasteiger partial charge on any atom is -0.457 e. The van der Waals surface area contributed by atoms with Gasteiger partial charge in [-0.25, -0.2) is 4.39 Å². The number of hydrogen-bond donors (Lipinski definition) is 0. The van der Waals surface area contributed by atoms with Gasteiger partial charge in [0, 0.05) is 0 Å². The van der Waals surface area contributed by atoms with Crippen molar-refractivity contribution in [3.8, 4) is 11.5 Å². The summed E-state index contributed by atoms with van der Waals surface area (Å²) in [4.78, 5) is 0. The van der Waals surface area contributed by atoms with Crippen LogP contribution in [0.3, 0.4) is 0 Å². The van der Waals surface area contributed by atoms with E-state index in [0.29, 0.717) is 5.75 Å². The van der Waals surface area contributed by atoms with Crippen molar-refractivity contribution in [2.75, 3.05) is 0 Å². The molecule has 2 rings (SSSR count). The maximum atomic E-state index is 12.8. The van der Waals surface area contributed by atoms with E-state index in [-0.39, 0.29) is 5.82 Å². The summed E-state index contributed by atoms with van der Waals surface area (Å²) in [6.45, 7) is 1.82. The molecule has 0 saturated carbocycles. The van der Waals surface area contributed by atoms with E-state index in [4.69, 9.17) is 4.74 Å². The first kappa shape index (κ1) is 9.71. The molecule has 15 heavy (non-hydrogen) atoms. The van der Waals surface area contributed by atoms with Gasteiger partial charge in [-0.3, -0.25) is 0 Å². The Morgan fingerprint density at radius 2 is 1.73 bits per heavy atom. The van der Waals surface area contributed by atoms with Crippen molar-refractivity contribution < 1.29 is 9.13 Å². The maximum Gasteiger partial charge on any atom is 0.130 e. The Labute approximate surface area is 88.1 Å². The van der Waals surface area contributed by atoms with E-state index in [1.165, 1.54) is 12.1 Å². The van der Waals surface area contributed by atoms with Gasteiger partial charge in [-0.1, -0.05) is 18.2 Å². The Morgan fingerprint density at radius 1 is 1.00 bits per heavy atom. The van der Waals surface area contributed by atoms with Crippen LogP contribution >= 0.6 is 0 Å². The molecule has 76 valence electrons. The fraction of sp³-hybridized carbons (Fsp3) is 0.0769. The average molecular weight is 202 g/mol. The molecule has 0 heterocycles. The van der Waals surface area contributed by atoms with Crippen molar-refractivity contribution in [3.63, 3.8) is 0 Å². The zero-order valence-electron chi connectivity index (χ0n) is 8.41. The number of benzene rings is 2. The molecule has 2 aromatic carbocycles. The van der Waals surface area contributed by atoms with Gasteiger partial charge in [0.05, 0.1) is 0 Å². The number of para-hydroxylation sites is 1. The van der Waals surface area contributed by atoms with E-state index in [9.17, 15) is 4.39 Å². The van der Waals surface area contributed by atoms with E-state index in [1.807, 2.05) is 37.3 Å². The van der Waals surface area contributed by atoms with Crippen molar-refractivity contribution in [2.24, 2.45) is 0 Å². The van der Waals surface area contributed by atoms with Gasteiger partial charge in [-0.2, -0.15) is 0 Å². The summed E-state index contributed by atoms with van der Waals surface area (Å²) in [7, 11) is 0. The lowest BCUT2D eigenvalue weighted by Gasteiger charge is -2.07. The quantitative estimate of drug-likeness (QED) is 0.717. The Hall–Kier alpha value is -1.83. The van der Waals surface area contributed by atoms with Crippen LogP contribution in [0.25, 0.3) is 0 Å². The third-order valence-electron chi connectivity index (χ3n) is 2.11. The Morgan fingerprint density at radius 3 is 2.40 bits per heavy atom. The van der Waals surface area contributed by atoms with Crippen LogP contribution < -0.4 is 4.74 Å². The van der Waals surface area contributed by atoms with E-state index in [0.717, 1.165) is 11.3 Å². The van der Waals surface area contributed by atoms with Gasteiger partial charge >= 0.3 is 0 Å². The van der Waals surface area contributed by atoms with Crippen molar-refractivity contribution >= 4 is 0 Å². The van der Waals surface area contributed by atoms with Crippen LogP contribution in [0, 0.1) is 12.7 Å². The van der Waals surface area contributed by atoms with E-state index < -0.39 is 0 Å². The lowest BCUT2D eigenvalue weighted by atomic mass is 10.2. The zero-order valence-corrected chi connectivity index (χ0v) is 8.41. The van der Waals surface area contributed by atoms with Gasteiger partial charge in [0.2, 0.25) is 0 Å². The van der Waals surface area contributed by atoms with Crippen LogP contribution in [0.1, 0.15) is 5.56 Å². The summed E-state index contributed by atoms with van der Waals surface area (Å²) in [5.74, 6) is 1.20. The van der Waals surface area contributed by atoms with Crippen molar-refractivity contribution in [2.45, 2.75) is 6.92 Å².